The van der Waals surface area contributed by atoms with Crippen LogP contribution in [0.1, 0.15) is 15.9 Å². The molecule has 2 rings (SSSR count). The van der Waals surface area contributed by atoms with Crippen LogP contribution in [0.4, 0.5) is 5.69 Å². The highest BCUT2D eigenvalue weighted by Gasteiger charge is 2.11. The van der Waals surface area contributed by atoms with Crippen LogP contribution in [-0.2, 0) is 4.79 Å². The number of hydrogen-bond acceptors (Lipinski definition) is 3. The Morgan fingerprint density at radius 1 is 1.23 bits per heavy atom. The van der Waals surface area contributed by atoms with Crippen LogP contribution in [0.15, 0.2) is 42.5 Å². The second kappa shape index (κ2) is 6.95. The van der Waals surface area contributed by atoms with Crippen molar-refractivity contribution in [2.24, 2.45) is 0 Å². The lowest BCUT2D eigenvalue weighted by Crippen LogP contribution is -2.20. The molecule has 0 radical (unpaired) electrons. The van der Waals surface area contributed by atoms with Crippen LogP contribution in [0.3, 0.4) is 0 Å². The Morgan fingerprint density at radius 2 is 1.95 bits per heavy atom. The third-order valence-electron chi connectivity index (χ3n) is 2.94. The van der Waals surface area contributed by atoms with E-state index >= 15 is 0 Å². The molecule has 0 aliphatic carbocycles. The number of ether oxygens (including phenoxy) is 1. The lowest BCUT2D eigenvalue weighted by Gasteiger charge is -2.10. The summed E-state index contributed by atoms with van der Waals surface area (Å²) in [5, 5.41) is 11.7. The molecule has 0 aliphatic heterocycles. The van der Waals surface area contributed by atoms with Gasteiger partial charge in [0.2, 0.25) is 0 Å². The molecular formula is C16H14ClNO4. The van der Waals surface area contributed by atoms with E-state index in [0.29, 0.717) is 5.75 Å². The SMILES string of the molecule is Cc1ccccc1OCC(=O)Nc1cc(C(=O)O)ccc1Cl. The summed E-state index contributed by atoms with van der Waals surface area (Å²) in [6, 6.07) is 11.4. The third-order valence-corrected chi connectivity index (χ3v) is 3.27. The number of aryl methyl sites for hydroxylation is 1. The van der Waals surface area contributed by atoms with E-state index in [1.807, 2.05) is 25.1 Å². The normalized spacial score (nSPS) is 10.1. The maximum Gasteiger partial charge on any atom is 0.335 e. The first-order valence-electron chi connectivity index (χ1n) is 6.48. The molecule has 0 fully saturated rings. The van der Waals surface area contributed by atoms with E-state index in [-0.39, 0.29) is 22.9 Å². The first-order valence-corrected chi connectivity index (χ1v) is 6.86. The van der Waals surface area contributed by atoms with Crippen molar-refractivity contribution in [2.45, 2.75) is 6.92 Å². The molecule has 22 heavy (non-hydrogen) atoms. The number of aromatic carboxylic acids is 1. The third kappa shape index (κ3) is 3.99. The summed E-state index contributed by atoms with van der Waals surface area (Å²) in [5.41, 5.74) is 1.20. The van der Waals surface area contributed by atoms with Crippen molar-refractivity contribution in [3.8, 4) is 5.75 Å². The summed E-state index contributed by atoms with van der Waals surface area (Å²) in [7, 11) is 0. The molecule has 1 amide bonds. The second-order valence-corrected chi connectivity index (χ2v) is 5.01. The average molecular weight is 320 g/mol. The number of anilines is 1. The van der Waals surface area contributed by atoms with Crippen molar-refractivity contribution in [2.75, 3.05) is 11.9 Å². The van der Waals surface area contributed by atoms with Crippen LogP contribution in [0.5, 0.6) is 5.75 Å². The maximum atomic E-state index is 11.9. The molecule has 2 N–H and O–H groups in total. The molecule has 0 aliphatic rings. The van der Waals surface area contributed by atoms with Crippen LogP contribution in [-0.4, -0.2) is 23.6 Å². The van der Waals surface area contributed by atoms with Crippen molar-refractivity contribution >= 4 is 29.2 Å². The summed E-state index contributed by atoms with van der Waals surface area (Å²) in [6.45, 7) is 1.68. The zero-order chi connectivity index (χ0) is 16.1. The maximum absolute atomic E-state index is 11.9. The minimum absolute atomic E-state index is 0.0412. The fourth-order valence-corrected chi connectivity index (χ4v) is 1.97. The number of halogens is 1. The van der Waals surface area contributed by atoms with Crippen LogP contribution < -0.4 is 10.1 Å². The van der Waals surface area contributed by atoms with Crippen molar-refractivity contribution in [3.63, 3.8) is 0 Å². The van der Waals surface area contributed by atoms with E-state index in [1.165, 1.54) is 18.2 Å². The Labute approximate surface area is 132 Å². The van der Waals surface area contributed by atoms with Crippen LogP contribution in [0.25, 0.3) is 0 Å². The minimum atomic E-state index is -1.09. The fraction of sp³-hybridized carbons (Fsp3) is 0.125. The van der Waals surface area contributed by atoms with Gasteiger partial charge in [0.1, 0.15) is 5.75 Å². The van der Waals surface area contributed by atoms with Gasteiger partial charge in [-0.2, -0.15) is 0 Å². The van der Waals surface area contributed by atoms with Crippen LogP contribution >= 0.6 is 11.6 Å². The predicted molar refractivity (Wildman–Crippen MR) is 83.7 cm³/mol. The number of hydrogen-bond donors (Lipinski definition) is 2. The van der Waals surface area contributed by atoms with Crippen molar-refractivity contribution < 1.29 is 19.4 Å². The molecule has 0 spiro atoms. The number of carboxylic acid groups (broad SMARTS) is 1. The summed E-state index contributed by atoms with van der Waals surface area (Å²) in [5.74, 6) is -0.904. The Bertz CT molecular complexity index is 715. The van der Waals surface area contributed by atoms with Gasteiger partial charge >= 0.3 is 5.97 Å². The van der Waals surface area contributed by atoms with Gasteiger partial charge in [0, 0.05) is 0 Å². The summed E-state index contributed by atoms with van der Waals surface area (Å²) < 4.78 is 5.42. The van der Waals surface area contributed by atoms with Gasteiger partial charge in [0.25, 0.3) is 5.91 Å². The number of carboxylic acids is 1. The topological polar surface area (TPSA) is 75.6 Å². The van der Waals surface area contributed by atoms with Crippen molar-refractivity contribution in [1.29, 1.82) is 0 Å². The Kier molecular flexibility index (Phi) is 5.01. The van der Waals surface area contributed by atoms with E-state index in [0.717, 1.165) is 5.56 Å². The zero-order valence-corrected chi connectivity index (χ0v) is 12.6. The first-order chi connectivity index (χ1) is 10.5. The highest BCUT2D eigenvalue weighted by molar-refractivity contribution is 6.33. The Balaban J connectivity index is 2.02. The van der Waals surface area contributed by atoms with E-state index < -0.39 is 11.9 Å². The number of benzene rings is 2. The standard InChI is InChI=1S/C16H14ClNO4/c1-10-4-2-3-5-14(10)22-9-15(19)18-13-8-11(16(20)21)6-7-12(13)17/h2-8H,9H2,1H3,(H,18,19)(H,20,21). The largest absolute Gasteiger partial charge is 0.483 e. The van der Waals surface area contributed by atoms with Crippen LogP contribution in [0.2, 0.25) is 5.02 Å². The molecule has 0 heterocycles. The molecule has 114 valence electrons. The molecule has 0 aromatic heterocycles. The number of carbonyl (C=O) groups is 2. The zero-order valence-electron chi connectivity index (χ0n) is 11.8. The molecular weight excluding hydrogens is 306 g/mol. The van der Waals surface area contributed by atoms with Crippen molar-refractivity contribution in [3.05, 3.63) is 58.6 Å². The lowest BCUT2D eigenvalue weighted by atomic mass is 10.2. The number of nitrogens with one attached hydrogen (secondary N) is 1. The highest BCUT2D eigenvalue weighted by Crippen LogP contribution is 2.23. The van der Waals surface area contributed by atoms with Crippen molar-refractivity contribution in [1.82, 2.24) is 0 Å². The molecule has 0 saturated heterocycles. The Morgan fingerprint density at radius 3 is 2.64 bits per heavy atom. The Hall–Kier alpha value is -2.53. The second-order valence-electron chi connectivity index (χ2n) is 4.60. The van der Waals surface area contributed by atoms with Gasteiger partial charge in [-0.1, -0.05) is 29.8 Å². The summed E-state index contributed by atoms with van der Waals surface area (Å²) >= 11 is 5.94. The molecule has 5 nitrogen and oxygen atoms in total. The number of rotatable bonds is 5. The van der Waals surface area contributed by atoms with Gasteiger partial charge in [-0.05, 0) is 36.8 Å². The number of carbonyl (C=O) groups excluding carboxylic acids is 1. The van der Waals surface area contributed by atoms with E-state index in [4.69, 9.17) is 21.4 Å². The highest BCUT2D eigenvalue weighted by atomic mass is 35.5. The average Bonchev–Trinajstić information content (AvgIpc) is 2.48. The molecule has 0 unspecified atom stereocenters. The monoisotopic (exact) mass is 319 g/mol. The molecule has 0 saturated carbocycles. The number of amides is 1. The fourth-order valence-electron chi connectivity index (χ4n) is 1.80. The van der Waals surface area contributed by atoms with Gasteiger partial charge < -0.3 is 15.2 Å². The van der Waals surface area contributed by atoms with Gasteiger partial charge in [0.15, 0.2) is 6.61 Å². The summed E-state index contributed by atoms with van der Waals surface area (Å²) in [6.07, 6.45) is 0. The van der Waals surface area contributed by atoms with Gasteiger partial charge in [0.05, 0.1) is 16.3 Å². The van der Waals surface area contributed by atoms with Gasteiger partial charge in [-0.25, -0.2) is 4.79 Å². The number of para-hydroxylation sites is 1. The van der Waals surface area contributed by atoms with Gasteiger partial charge in [-0.3, -0.25) is 4.79 Å². The molecule has 0 bridgehead atoms. The minimum Gasteiger partial charge on any atom is -0.483 e. The van der Waals surface area contributed by atoms with E-state index in [9.17, 15) is 9.59 Å². The van der Waals surface area contributed by atoms with E-state index in [1.54, 1.807) is 6.07 Å². The molecule has 2 aromatic carbocycles. The predicted octanol–water partition coefficient (Wildman–Crippen LogP) is 3.36. The smallest absolute Gasteiger partial charge is 0.335 e. The molecule has 2 aromatic rings. The molecule has 6 heteroatoms. The first kappa shape index (κ1) is 15.9. The van der Waals surface area contributed by atoms with Gasteiger partial charge in [-0.15, -0.1) is 0 Å². The van der Waals surface area contributed by atoms with E-state index in [2.05, 4.69) is 5.32 Å². The lowest BCUT2D eigenvalue weighted by molar-refractivity contribution is -0.118. The quantitative estimate of drug-likeness (QED) is 0.886. The summed E-state index contributed by atoms with van der Waals surface area (Å²) in [4.78, 5) is 22.8. The van der Waals surface area contributed by atoms with Crippen LogP contribution in [0, 0.1) is 6.92 Å². The molecule has 0 atom stereocenters.